The maximum absolute atomic E-state index is 10.6. The molecule has 198 valence electrons. The van der Waals surface area contributed by atoms with Gasteiger partial charge in [0.2, 0.25) is 0 Å². The number of carboxylic acid groups (broad SMARTS) is 1. The van der Waals surface area contributed by atoms with Crippen molar-refractivity contribution in [3.8, 4) is 0 Å². The number of anilines is 1. The second kappa shape index (κ2) is 18.6. The second-order valence-corrected chi connectivity index (χ2v) is 9.92. The van der Waals surface area contributed by atoms with E-state index in [-0.39, 0.29) is 6.42 Å². The van der Waals surface area contributed by atoms with Gasteiger partial charge in [-0.25, -0.2) is 0 Å². The highest BCUT2D eigenvalue weighted by molar-refractivity contribution is 5.64. The van der Waals surface area contributed by atoms with E-state index in [0.29, 0.717) is 13.0 Å². The van der Waals surface area contributed by atoms with E-state index in [2.05, 4.69) is 29.3 Å². The summed E-state index contributed by atoms with van der Waals surface area (Å²) in [6.45, 7) is 2.95. The Morgan fingerprint density at radius 2 is 1.17 bits per heavy atom. The van der Waals surface area contributed by atoms with Gasteiger partial charge in [0.25, 0.3) is 0 Å². The molecule has 5 nitrogen and oxygen atoms in total. The lowest BCUT2D eigenvalue weighted by Crippen LogP contribution is -2.25. The Bertz CT molecular complexity index is 862. The topological polar surface area (TPSA) is 68.1 Å². The third-order valence-electron chi connectivity index (χ3n) is 6.70. The molecule has 0 radical (unpaired) electrons. The molecule has 0 amide bonds. The third kappa shape index (κ3) is 13.4. The minimum absolute atomic E-state index is 0.0782. The lowest BCUT2D eigenvalue weighted by Gasteiger charge is -2.19. The zero-order valence-electron chi connectivity index (χ0n) is 22.6. The summed E-state index contributed by atoms with van der Waals surface area (Å²) in [6.07, 6.45) is 18.3. The SMILES string of the molecule is CCCCCCCCCCCCCCc1ccc(N=Nc2ccc(N(C)CCCC(=O)[O-])cc2)cc1. The maximum atomic E-state index is 10.6. The largest absolute Gasteiger partial charge is 0.550 e. The van der Waals surface area contributed by atoms with Crippen LogP contribution in [0.2, 0.25) is 0 Å². The van der Waals surface area contributed by atoms with E-state index in [9.17, 15) is 9.90 Å². The number of nitrogens with zero attached hydrogens (tertiary/aromatic N) is 3. The van der Waals surface area contributed by atoms with Gasteiger partial charge >= 0.3 is 0 Å². The number of carboxylic acids is 1. The predicted molar refractivity (Wildman–Crippen MR) is 149 cm³/mol. The first-order valence-corrected chi connectivity index (χ1v) is 14.1. The van der Waals surface area contributed by atoms with E-state index in [1.807, 2.05) is 48.3 Å². The van der Waals surface area contributed by atoms with Crippen molar-refractivity contribution in [2.45, 2.75) is 103 Å². The average Bonchev–Trinajstić information content (AvgIpc) is 2.89. The monoisotopic (exact) mass is 492 g/mol. The fourth-order valence-corrected chi connectivity index (χ4v) is 4.38. The van der Waals surface area contributed by atoms with Crippen LogP contribution in [0.15, 0.2) is 58.8 Å². The molecule has 36 heavy (non-hydrogen) atoms. The minimum Gasteiger partial charge on any atom is -0.550 e. The molecule has 0 fully saturated rings. The van der Waals surface area contributed by atoms with Crippen LogP contribution < -0.4 is 10.0 Å². The van der Waals surface area contributed by atoms with Crippen LogP contribution in [0.5, 0.6) is 0 Å². The van der Waals surface area contributed by atoms with Crippen LogP contribution in [0.4, 0.5) is 17.1 Å². The Balaban J connectivity index is 1.59. The summed E-state index contributed by atoms with van der Waals surface area (Å²) < 4.78 is 0. The van der Waals surface area contributed by atoms with Gasteiger partial charge in [0.15, 0.2) is 0 Å². The molecule has 0 bridgehead atoms. The van der Waals surface area contributed by atoms with Gasteiger partial charge in [-0.15, -0.1) is 0 Å². The molecule has 0 heterocycles. The van der Waals surface area contributed by atoms with Crippen LogP contribution >= 0.6 is 0 Å². The van der Waals surface area contributed by atoms with E-state index in [4.69, 9.17) is 0 Å². The average molecular weight is 493 g/mol. The van der Waals surface area contributed by atoms with Gasteiger partial charge in [-0.2, -0.15) is 10.2 Å². The highest BCUT2D eigenvalue weighted by Gasteiger charge is 2.01. The molecule has 0 atom stereocenters. The van der Waals surface area contributed by atoms with Gasteiger partial charge in [-0.3, -0.25) is 0 Å². The number of carbonyl (C=O) groups is 1. The maximum Gasteiger partial charge on any atom is 0.0858 e. The summed E-state index contributed by atoms with van der Waals surface area (Å²) in [6, 6.07) is 16.2. The highest BCUT2D eigenvalue weighted by atomic mass is 16.4. The van der Waals surface area contributed by atoms with E-state index in [1.165, 1.54) is 82.6 Å². The molecular weight excluding hydrogens is 446 g/mol. The van der Waals surface area contributed by atoms with Gasteiger partial charge in [-0.1, -0.05) is 89.7 Å². The number of rotatable bonds is 20. The first kappa shape index (κ1) is 29.5. The summed E-state index contributed by atoms with van der Waals surface area (Å²) in [5, 5.41) is 19.3. The van der Waals surface area contributed by atoms with Gasteiger partial charge < -0.3 is 14.8 Å². The molecule has 5 heteroatoms. The van der Waals surface area contributed by atoms with Crippen LogP contribution in [-0.4, -0.2) is 19.6 Å². The molecule has 0 saturated carbocycles. The van der Waals surface area contributed by atoms with E-state index >= 15 is 0 Å². The van der Waals surface area contributed by atoms with Gasteiger partial charge in [0.05, 0.1) is 11.4 Å². The lowest BCUT2D eigenvalue weighted by molar-refractivity contribution is -0.305. The van der Waals surface area contributed by atoms with Crippen LogP contribution in [0.1, 0.15) is 102 Å². The smallest absolute Gasteiger partial charge is 0.0858 e. The van der Waals surface area contributed by atoms with Crippen molar-refractivity contribution in [3.63, 3.8) is 0 Å². The Kier molecular flexibility index (Phi) is 15.2. The quantitative estimate of drug-likeness (QED) is 0.138. The number of aliphatic carboxylic acids is 1. The van der Waals surface area contributed by atoms with Crippen molar-refractivity contribution in [1.29, 1.82) is 0 Å². The van der Waals surface area contributed by atoms with Crippen molar-refractivity contribution in [3.05, 3.63) is 54.1 Å². The molecule has 0 aliphatic carbocycles. The summed E-state index contributed by atoms with van der Waals surface area (Å²) in [7, 11) is 1.95. The van der Waals surface area contributed by atoms with Crippen LogP contribution in [-0.2, 0) is 11.2 Å². The molecule has 0 aliphatic heterocycles. The summed E-state index contributed by atoms with van der Waals surface area (Å²) >= 11 is 0. The van der Waals surface area contributed by atoms with Crippen molar-refractivity contribution < 1.29 is 9.90 Å². The minimum atomic E-state index is -1.00. The number of unbranched alkanes of at least 4 members (excludes halogenated alkanes) is 11. The standard InChI is InChI=1S/C31H47N3O2/c1-3-4-5-6-7-8-9-10-11-12-13-14-16-27-18-20-28(21-19-27)32-33-29-22-24-30(25-23-29)34(2)26-15-17-31(35)36/h18-25H,3-17,26H2,1-2H3,(H,35,36)/p-1. The summed E-state index contributed by atoms with van der Waals surface area (Å²) in [5.41, 5.74) is 4.04. The molecule has 0 saturated heterocycles. The van der Waals surface area contributed by atoms with E-state index in [0.717, 1.165) is 23.5 Å². The Morgan fingerprint density at radius 1 is 0.694 bits per heavy atom. The number of hydrogen-bond acceptors (Lipinski definition) is 5. The van der Waals surface area contributed by atoms with Crippen LogP contribution in [0.25, 0.3) is 0 Å². The summed E-state index contributed by atoms with van der Waals surface area (Å²) in [5.74, 6) is -1.00. The van der Waals surface area contributed by atoms with E-state index in [1.54, 1.807) is 0 Å². The van der Waals surface area contributed by atoms with Gasteiger partial charge in [-0.05, 0) is 67.6 Å². The van der Waals surface area contributed by atoms with Crippen molar-refractivity contribution in [2.75, 3.05) is 18.5 Å². The zero-order chi connectivity index (χ0) is 25.8. The Morgan fingerprint density at radius 3 is 1.67 bits per heavy atom. The number of azo groups is 1. The van der Waals surface area contributed by atoms with Crippen LogP contribution in [0, 0.1) is 0 Å². The van der Waals surface area contributed by atoms with Gasteiger partial charge in [0.1, 0.15) is 0 Å². The first-order valence-electron chi connectivity index (χ1n) is 14.1. The van der Waals surface area contributed by atoms with Crippen LogP contribution in [0.3, 0.4) is 0 Å². The molecule has 2 aromatic rings. The van der Waals surface area contributed by atoms with E-state index < -0.39 is 5.97 Å². The van der Waals surface area contributed by atoms with Crippen molar-refractivity contribution in [1.82, 2.24) is 0 Å². The fraction of sp³-hybridized carbons (Fsp3) is 0.581. The zero-order valence-corrected chi connectivity index (χ0v) is 22.6. The third-order valence-corrected chi connectivity index (χ3v) is 6.70. The number of carbonyl (C=O) groups excluding carboxylic acids is 1. The normalized spacial score (nSPS) is 11.3. The molecule has 0 spiro atoms. The molecule has 2 rings (SSSR count). The predicted octanol–water partition coefficient (Wildman–Crippen LogP) is 8.31. The lowest BCUT2D eigenvalue weighted by atomic mass is 10.0. The fourth-order valence-electron chi connectivity index (χ4n) is 4.38. The molecule has 2 aromatic carbocycles. The van der Waals surface area contributed by atoms with Crippen molar-refractivity contribution in [2.24, 2.45) is 10.2 Å². The summed E-state index contributed by atoms with van der Waals surface area (Å²) in [4.78, 5) is 12.6. The Labute approximate surface area is 219 Å². The second-order valence-electron chi connectivity index (χ2n) is 9.92. The number of aryl methyl sites for hydroxylation is 1. The molecule has 0 aliphatic rings. The highest BCUT2D eigenvalue weighted by Crippen LogP contribution is 2.23. The number of benzene rings is 2. The molecular formula is C31H46N3O2-. The molecule has 0 N–H and O–H groups in total. The van der Waals surface area contributed by atoms with Crippen molar-refractivity contribution >= 4 is 23.0 Å². The molecule has 0 aromatic heterocycles. The number of hydrogen-bond donors (Lipinski definition) is 0. The first-order chi connectivity index (χ1) is 17.6. The molecule has 0 unspecified atom stereocenters. The van der Waals surface area contributed by atoms with Gasteiger partial charge in [0, 0.05) is 25.2 Å². The Hall–Kier alpha value is -2.69.